The fourth-order valence-electron chi connectivity index (χ4n) is 1.30. The van der Waals surface area contributed by atoms with E-state index in [1.807, 2.05) is 36.4 Å². The van der Waals surface area contributed by atoms with Crippen LogP contribution in [0.3, 0.4) is 0 Å². The first-order chi connectivity index (χ1) is 6.42. The molecule has 0 radical (unpaired) electrons. The van der Waals surface area contributed by atoms with Crippen molar-refractivity contribution in [3.63, 3.8) is 0 Å². The minimum atomic E-state index is 0.885. The highest BCUT2D eigenvalue weighted by Gasteiger charge is 1.99. The molecule has 64 valence electrons. The summed E-state index contributed by atoms with van der Waals surface area (Å²) >= 11 is 0. The predicted octanol–water partition coefficient (Wildman–Crippen LogP) is 3.63. The lowest BCUT2D eigenvalue weighted by Crippen LogP contribution is -1.66. The molecule has 0 saturated carbocycles. The lowest BCUT2D eigenvalue weighted by molar-refractivity contribution is 0.562. The van der Waals surface area contributed by atoms with Crippen LogP contribution in [-0.2, 0) is 0 Å². The van der Waals surface area contributed by atoms with Crippen LogP contribution >= 0.6 is 0 Å². The summed E-state index contributed by atoms with van der Waals surface area (Å²) in [5.41, 5.74) is 0. The Morgan fingerprint density at radius 3 is 2.92 bits per heavy atom. The molecule has 1 nitrogen and oxygen atoms in total. The van der Waals surface area contributed by atoms with Crippen LogP contribution in [0.15, 0.2) is 53.7 Å². The number of rotatable bonds is 2. The molecule has 0 aliphatic heterocycles. The zero-order valence-corrected chi connectivity index (χ0v) is 7.23. The van der Waals surface area contributed by atoms with Crippen LogP contribution < -0.4 is 0 Å². The maximum atomic E-state index is 5.38. The van der Waals surface area contributed by atoms with Crippen molar-refractivity contribution in [3.8, 4) is 0 Å². The van der Waals surface area contributed by atoms with Crippen LogP contribution in [0.2, 0.25) is 0 Å². The number of benzene rings is 1. The van der Waals surface area contributed by atoms with Gasteiger partial charge in [0.05, 0.1) is 6.26 Å². The second-order valence-corrected chi connectivity index (χ2v) is 2.78. The molecule has 0 atom stereocenters. The maximum Gasteiger partial charge on any atom is 0.134 e. The maximum absolute atomic E-state index is 5.38. The van der Waals surface area contributed by atoms with Crippen LogP contribution in [0.5, 0.6) is 0 Å². The zero-order valence-electron chi connectivity index (χ0n) is 7.23. The van der Waals surface area contributed by atoms with Gasteiger partial charge in [-0.1, -0.05) is 43.0 Å². The monoisotopic (exact) mass is 170 g/mol. The molecule has 1 heteroatoms. The van der Waals surface area contributed by atoms with Gasteiger partial charge in [-0.2, -0.15) is 0 Å². The van der Waals surface area contributed by atoms with Gasteiger partial charge in [0.2, 0.25) is 0 Å². The Bertz CT molecular complexity index is 449. The van der Waals surface area contributed by atoms with Gasteiger partial charge in [-0.05, 0) is 6.08 Å². The highest BCUT2D eigenvalue weighted by Crippen LogP contribution is 2.21. The molecule has 1 aromatic carbocycles. The van der Waals surface area contributed by atoms with E-state index in [-0.39, 0.29) is 0 Å². The molecule has 0 aliphatic rings. The van der Waals surface area contributed by atoms with Gasteiger partial charge in [0.25, 0.3) is 0 Å². The summed E-state index contributed by atoms with van der Waals surface area (Å²) in [7, 11) is 0. The fraction of sp³-hybridized carbons (Fsp3) is 0. The van der Waals surface area contributed by atoms with E-state index in [1.54, 1.807) is 12.3 Å². The largest absolute Gasteiger partial charge is 0.464 e. The minimum absolute atomic E-state index is 0.885. The Balaban J connectivity index is 2.57. The van der Waals surface area contributed by atoms with Crippen molar-refractivity contribution < 1.29 is 4.42 Å². The van der Waals surface area contributed by atoms with Gasteiger partial charge in [0.15, 0.2) is 0 Å². The molecule has 0 spiro atoms. The minimum Gasteiger partial charge on any atom is -0.464 e. The SMILES string of the molecule is C=C/C=C/c1occ2ccccc12. The molecule has 0 bridgehead atoms. The number of fused-ring (bicyclic) bond motifs is 1. The van der Waals surface area contributed by atoms with Crippen molar-refractivity contribution >= 4 is 16.8 Å². The average Bonchev–Trinajstić information content (AvgIpc) is 2.58. The molecule has 0 aliphatic carbocycles. The van der Waals surface area contributed by atoms with Gasteiger partial charge < -0.3 is 4.42 Å². The van der Waals surface area contributed by atoms with Gasteiger partial charge >= 0.3 is 0 Å². The van der Waals surface area contributed by atoms with Crippen molar-refractivity contribution in [1.29, 1.82) is 0 Å². The van der Waals surface area contributed by atoms with Crippen molar-refractivity contribution in [2.75, 3.05) is 0 Å². The molecular weight excluding hydrogens is 160 g/mol. The van der Waals surface area contributed by atoms with Crippen LogP contribution in [0.25, 0.3) is 16.8 Å². The number of allylic oxidation sites excluding steroid dienone is 2. The second-order valence-electron chi connectivity index (χ2n) is 2.78. The third-order valence-corrected chi connectivity index (χ3v) is 1.92. The zero-order chi connectivity index (χ0) is 9.10. The number of furan rings is 1. The molecule has 0 unspecified atom stereocenters. The number of hydrogen-bond acceptors (Lipinski definition) is 1. The lowest BCUT2D eigenvalue weighted by atomic mass is 10.2. The fourth-order valence-corrected chi connectivity index (χ4v) is 1.30. The van der Waals surface area contributed by atoms with Crippen molar-refractivity contribution in [1.82, 2.24) is 0 Å². The van der Waals surface area contributed by atoms with Gasteiger partial charge in [0, 0.05) is 10.8 Å². The van der Waals surface area contributed by atoms with Crippen molar-refractivity contribution in [3.05, 3.63) is 55.0 Å². The van der Waals surface area contributed by atoms with E-state index in [0.29, 0.717) is 0 Å². The first-order valence-electron chi connectivity index (χ1n) is 4.17. The Kier molecular flexibility index (Phi) is 2.01. The quantitative estimate of drug-likeness (QED) is 0.627. The lowest BCUT2D eigenvalue weighted by Gasteiger charge is -1.87. The Labute approximate surface area is 77.0 Å². The summed E-state index contributed by atoms with van der Waals surface area (Å²) in [6.07, 6.45) is 7.27. The van der Waals surface area contributed by atoms with Crippen LogP contribution in [-0.4, -0.2) is 0 Å². The summed E-state index contributed by atoms with van der Waals surface area (Å²) in [5, 5.41) is 2.27. The molecule has 1 heterocycles. The first kappa shape index (κ1) is 7.87. The molecule has 0 saturated heterocycles. The van der Waals surface area contributed by atoms with E-state index in [9.17, 15) is 0 Å². The number of hydrogen-bond donors (Lipinski definition) is 0. The van der Waals surface area contributed by atoms with E-state index in [0.717, 1.165) is 16.5 Å². The standard InChI is InChI=1S/C12H10O/c1-2-3-8-12-11-7-5-4-6-10(11)9-13-12/h2-9H,1H2/b8-3+. The van der Waals surface area contributed by atoms with Gasteiger partial charge in [-0.15, -0.1) is 0 Å². The summed E-state index contributed by atoms with van der Waals surface area (Å²) in [6, 6.07) is 8.08. The summed E-state index contributed by atoms with van der Waals surface area (Å²) in [4.78, 5) is 0. The Morgan fingerprint density at radius 1 is 1.23 bits per heavy atom. The van der Waals surface area contributed by atoms with Gasteiger partial charge in [-0.25, -0.2) is 0 Å². The average molecular weight is 170 g/mol. The topological polar surface area (TPSA) is 13.1 Å². The van der Waals surface area contributed by atoms with E-state index in [2.05, 4.69) is 6.58 Å². The van der Waals surface area contributed by atoms with E-state index >= 15 is 0 Å². The second kappa shape index (κ2) is 3.31. The summed E-state index contributed by atoms with van der Waals surface area (Å²) in [6.45, 7) is 3.61. The first-order valence-corrected chi connectivity index (χ1v) is 4.17. The van der Waals surface area contributed by atoms with E-state index in [4.69, 9.17) is 4.42 Å². The Hall–Kier alpha value is -1.76. The van der Waals surface area contributed by atoms with Crippen LogP contribution in [0, 0.1) is 0 Å². The van der Waals surface area contributed by atoms with E-state index < -0.39 is 0 Å². The van der Waals surface area contributed by atoms with Crippen molar-refractivity contribution in [2.45, 2.75) is 0 Å². The molecule has 0 amide bonds. The van der Waals surface area contributed by atoms with Crippen LogP contribution in [0.4, 0.5) is 0 Å². The smallest absolute Gasteiger partial charge is 0.134 e. The Morgan fingerprint density at radius 2 is 2.08 bits per heavy atom. The van der Waals surface area contributed by atoms with Crippen molar-refractivity contribution in [2.24, 2.45) is 0 Å². The van der Waals surface area contributed by atoms with Gasteiger partial charge in [-0.3, -0.25) is 0 Å². The molecule has 13 heavy (non-hydrogen) atoms. The highest BCUT2D eigenvalue weighted by atomic mass is 16.3. The molecule has 2 rings (SSSR count). The summed E-state index contributed by atoms with van der Waals surface area (Å²) in [5.74, 6) is 0.885. The molecule has 0 N–H and O–H groups in total. The molecule has 2 aromatic rings. The molecule has 1 aromatic heterocycles. The van der Waals surface area contributed by atoms with Gasteiger partial charge in [0.1, 0.15) is 5.76 Å². The highest BCUT2D eigenvalue weighted by molar-refractivity contribution is 5.88. The van der Waals surface area contributed by atoms with E-state index in [1.165, 1.54) is 0 Å². The third-order valence-electron chi connectivity index (χ3n) is 1.92. The normalized spacial score (nSPS) is 11.1. The third kappa shape index (κ3) is 1.41. The predicted molar refractivity (Wildman–Crippen MR) is 55.4 cm³/mol. The summed E-state index contributed by atoms with van der Waals surface area (Å²) < 4.78 is 5.38. The molecular formula is C12H10O. The van der Waals surface area contributed by atoms with Crippen LogP contribution in [0.1, 0.15) is 5.76 Å². The molecule has 0 fully saturated rings.